The zero-order valence-corrected chi connectivity index (χ0v) is 9.38. The minimum absolute atomic E-state index is 0.633. The lowest BCUT2D eigenvalue weighted by Gasteiger charge is -2.07. The molecule has 1 aromatic heterocycles. The number of hydrogen-bond acceptors (Lipinski definition) is 3. The molecule has 0 amide bonds. The summed E-state index contributed by atoms with van der Waals surface area (Å²) in [7, 11) is 0. The summed E-state index contributed by atoms with van der Waals surface area (Å²) >= 11 is 5.07. The number of ether oxygens (including phenoxy) is 1. The Morgan fingerprint density at radius 1 is 1.31 bits per heavy atom. The Morgan fingerprint density at radius 3 is 3.12 bits per heavy atom. The van der Waals surface area contributed by atoms with Gasteiger partial charge in [0.2, 0.25) is 0 Å². The second kappa shape index (κ2) is 3.72. The first-order valence-corrected chi connectivity index (χ1v) is 5.55. The van der Waals surface area contributed by atoms with E-state index in [4.69, 9.17) is 17.0 Å². The average molecular weight is 230 g/mol. The van der Waals surface area contributed by atoms with E-state index in [1.54, 1.807) is 12.4 Å². The number of fused-ring (bicyclic) bond motifs is 1. The summed E-state index contributed by atoms with van der Waals surface area (Å²) in [5.41, 5.74) is 3.20. The first-order chi connectivity index (χ1) is 7.84. The van der Waals surface area contributed by atoms with Crippen LogP contribution in [-0.2, 0) is 6.42 Å². The van der Waals surface area contributed by atoms with E-state index in [2.05, 4.69) is 16.0 Å². The summed E-state index contributed by atoms with van der Waals surface area (Å²) in [6.45, 7) is 0.757. The highest BCUT2D eigenvalue weighted by Crippen LogP contribution is 2.35. The molecule has 0 atom stereocenters. The van der Waals surface area contributed by atoms with Crippen LogP contribution in [0.15, 0.2) is 30.6 Å². The Labute approximate surface area is 98.1 Å². The average Bonchev–Trinajstić information content (AvgIpc) is 2.76. The van der Waals surface area contributed by atoms with Crippen LogP contribution in [0.1, 0.15) is 5.56 Å². The summed E-state index contributed by atoms with van der Waals surface area (Å²) in [4.78, 5) is 7.22. The van der Waals surface area contributed by atoms with E-state index in [1.807, 2.05) is 12.1 Å². The molecule has 0 saturated carbocycles. The van der Waals surface area contributed by atoms with E-state index < -0.39 is 0 Å². The van der Waals surface area contributed by atoms with E-state index in [9.17, 15) is 0 Å². The maximum Gasteiger partial charge on any atom is 0.131 e. The Morgan fingerprint density at radius 2 is 2.25 bits per heavy atom. The molecule has 0 bridgehead atoms. The van der Waals surface area contributed by atoms with Crippen molar-refractivity contribution in [2.75, 3.05) is 6.61 Å². The van der Waals surface area contributed by atoms with Gasteiger partial charge in [-0.05, 0) is 11.6 Å². The summed E-state index contributed by atoms with van der Waals surface area (Å²) in [5, 5.41) is 0. The second-order valence-electron chi connectivity index (χ2n) is 3.70. The van der Waals surface area contributed by atoms with Gasteiger partial charge in [-0.25, -0.2) is 0 Å². The van der Waals surface area contributed by atoms with Gasteiger partial charge >= 0.3 is 0 Å². The lowest BCUT2D eigenvalue weighted by Crippen LogP contribution is -1.91. The van der Waals surface area contributed by atoms with Crippen molar-refractivity contribution in [3.05, 3.63) is 40.8 Å². The van der Waals surface area contributed by atoms with Crippen LogP contribution >= 0.6 is 12.2 Å². The summed E-state index contributed by atoms with van der Waals surface area (Å²) in [6.07, 6.45) is 4.38. The molecule has 3 nitrogen and oxygen atoms in total. The molecule has 1 N–H and O–H groups in total. The van der Waals surface area contributed by atoms with Gasteiger partial charge in [-0.2, -0.15) is 0 Å². The van der Waals surface area contributed by atoms with Crippen molar-refractivity contribution in [2.24, 2.45) is 0 Å². The largest absolute Gasteiger partial charge is 0.492 e. The second-order valence-corrected chi connectivity index (χ2v) is 4.14. The predicted octanol–water partition coefficient (Wildman–Crippen LogP) is 2.74. The van der Waals surface area contributed by atoms with Crippen LogP contribution in [0.3, 0.4) is 0 Å². The fraction of sp³-hybridized carbons (Fsp3) is 0.167. The minimum atomic E-state index is 0.633. The van der Waals surface area contributed by atoms with Crippen molar-refractivity contribution < 1.29 is 4.74 Å². The number of nitrogens with one attached hydrogen (secondary N) is 1. The van der Waals surface area contributed by atoms with E-state index >= 15 is 0 Å². The molecular weight excluding hydrogens is 220 g/mol. The quantitative estimate of drug-likeness (QED) is 0.765. The molecule has 0 aliphatic carbocycles. The molecule has 4 heteroatoms. The molecule has 80 valence electrons. The fourth-order valence-corrected chi connectivity index (χ4v) is 2.11. The number of aromatic amines is 1. The Balaban J connectivity index is 2.21. The van der Waals surface area contributed by atoms with E-state index in [-0.39, 0.29) is 0 Å². The molecule has 0 radical (unpaired) electrons. The van der Waals surface area contributed by atoms with Crippen LogP contribution in [0.5, 0.6) is 5.75 Å². The predicted molar refractivity (Wildman–Crippen MR) is 64.1 cm³/mol. The molecule has 2 aromatic rings. The van der Waals surface area contributed by atoms with Gasteiger partial charge in [0, 0.05) is 12.0 Å². The lowest BCUT2D eigenvalue weighted by molar-refractivity contribution is 0.358. The normalized spacial score (nSPS) is 13.2. The third-order valence-electron chi connectivity index (χ3n) is 2.66. The van der Waals surface area contributed by atoms with Gasteiger partial charge in [0.05, 0.1) is 24.7 Å². The molecule has 1 aliphatic heterocycles. The Kier molecular flexibility index (Phi) is 2.22. The molecule has 2 heterocycles. The van der Waals surface area contributed by atoms with E-state index in [1.165, 1.54) is 5.56 Å². The molecule has 0 fully saturated rings. The van der Waals surface area contributed by atoms with Crippen LogP contribution < -0.4 is 4.74 Å². The third kappa shape index (κ3) is 1.51. The van der Waals surface area contributed by atoms with Crippen LogP contribution in [0.4, 0.5) is 0 Å². The zero-order chi connectivity index (χ0) is 11.0. The maximum absolute atomic E-state index is 5.64. The summed E-state index contributed by atoms with van der Waals surface area (Å²) in [6, 6.07) is 6.15. The number of nitrogens with zero attached hydrogens (tertiary/aromatic N) is 1. The van der Waals surface area contributed by atoms with Crippen LogP contribution in [-0.4, -0.2) is 16.6 Å². The molecule has 16 heavy (non-hydrogen) atoms. The van der Waals surface area contributed by atoms with Crippen molar-refractivity contribution in [1.82, 2.24) is 9.97 Å². The fourth-order valence-electron chi connectivity index (χ4n) is 1.94. The molecule has 0 saturated heterocycles. The van der Waals surface area contributed by atoms with Crippen LogP contribution in [0.25, 0.3) is 11.3 Å². The van der Waals surface area contributed by atoms with Crippen molar-refractivity contribution in [3.8, 4) is 17.0 Å². The van der Waals surface area contributed by atoms with Gasteiger partial charge in [0.25, 0.3) is 0 Å². The van der Waals surface area contributed by atoms with Gasteiger partial charge in [-0.1, -0.05) is 24.4 Å². The van der Waals surface area contributed by atoms with Crippen molar-refractivity contribution >= 4 is 12.2 Å². The number of para-hydroxylation sites is 1. The molecule has 3 rings (SSSR count). The van der Waals surface area contributed by atoms with Gasteiger partial charge in [-0.3, -0.25) is 4.98 Å². The minimum Gasteiger partial charge on any atom is -0.492 e. The molecule has 0 unspecified atom stereocenters. The van der Waals surface area contributed by atoms with Crippen molar-refractivity contribution in [3.63, 3.8) is 0 Å². The first-order valence-electron chi connectivity index (χ1n) is 5.14. The van der Waals surface area contributed by atoms with Crippen LogP contribution in [0.2, 0.25) is 0 Å². The van der Waals surface area contributed by atoms with Gasteiger partial charge < -0.3 is 9.72 Å². The monoisotopic (exact) mass is 230 g/mol. The topological polar surface area (TPSA) is 37.9 Å². The number of benzene rings is 1. The van der Waals surface area contributed by atoms with Gasteiger partial charge in [0.15, 0.2) is 0 Å². The number of hydrogen-bond donors (Lipinski definition) is 1. The maximum atomic E-state index is 5.64. The van der Waals surface area contributed by atoms with Crippen LogP contribution in [0, 0.1) is 4.64 Å². The molecule has 1 aliphatic rings. The first kappa shape index (κ1) is 9.54. The number of rotatable bonds is 1. The summed E-state index contributed by atoms with van der Waals surface area (Å²) < 4.78 is 6.27. The zero-order valence-electron chi connectivity index (χ0n) is 8.56. The summed E-state index contributed by atoms with van der Waals surface area (Å²) in [5.74, 6) is 0.959. The lowest BCUT2D eigenvalue weighted by atomic mass is 10.1. The third-order valence-corrected chi connectivity index (χ3v) is 2.87. The highest BCUT2D eigenvalue weighted by atomic mass is 32.1. The molecule has 1 aromatic carbocycles. The Hall–Kier alpha value is -1.68. The van der Waals surface area contributed by atoms with E-state index in [0.29, 0.717) is 4.64 Å². The van der Waals surface area contributed by atoms with Crippen molar-refractivity contribution in [1.29, 1.82) is 0 Å². The number of aromatic nitrogens is 2. The highest BCUT2D eigenvalue weighted by molar-refractivity contribution is 7.71. The van der Waals surface area contributed by atoms with Gasteiger partial charge in [0.1, 0.15) is 10.4 Å². The smallest absolute Gasteiger partial charge is 0.131 e. The molecular formula is C12H10N2OS. The van der Waals surface area contributed by atoms with E-state index in [0.717, 1.165) is 30.0 Å². The standard InChI is InChI=1S/C12H10N2OS/c16-11-7-13-6-10(14-11)9-3-1-2-8-4-5-15-12(8)9/h1-3,6-7H,4-5H2,(H,14,16). The number of H-pyrrole nitrogens is 1. The molecule has 0 spiro atoms. The highest BCUT2D eigenvalue weighted by Gasteiger charge is 2.16. The van der Waals surface area contributed by atoms with Crippen molar-refractivity contribution in [2.45, 2.75) is 6.42 Å². The van der Waals surface area contributed by atoms with Gasteiger partial charge in [-0.15, -0.1) is 0 Å². The SMILES string of the molecule is S=c1cncc(-c2cccc3c2OCC3)[nH]1. The Bertz CT molecular complexity index is 592.